The molecule has 8 heteroatoms. The van der Waals surface area contributed by atoms with E-state index in [0.29, 0.717) is 19.4 Å². The van der Waals surface area contributed by atoms with E-state index in [0.717, 1.165) is 45.1 Å². The van der Waals surface area contributed by atoms with Gasteiger partial charge in [0.05, 0.1) is 6.61 Å². The molecular weight excluding hydrogens is 392 g/mol. The van der Waals surface area contributed by atoms with Gasteiger partial charge >= 0.3 is 11.9 Å². The molecule has 1 aliphatic rings. The van der Waals surface area contributed by atoms with Gasteiger partial charge in [-0.2, -0.15) is 0 Å². The highest BCUT2D eigenvalue weighted by molar-refractivity contribution is 5.83. The molecule has 2 atom stereocenters. The number of hydrogen-bond acceptors (Lipinski definition) is 8. The third-order valence-corrected chi connectivity index (χ3v) is 4.32. The summed E-state index contributed by atoms with van der Waals surface area (Å²) >= 11 is 0. The smallest absolute Gasteiger partial charge is 0.306 e. The molecule has 0 N–H and O–H groups in total. The summed E-state index contributed by atoms with van der Waals surface area (Å²) in [5, 5.41) is 0. The van der Waals surface area contributed by atoms with Crippen LogP contribution in [0.4, 0.5) is 0 Å². The molecule has 0 saturated carbocycles. The molecule has 0 amide bonds. The zero-order valence-corrected chi connectivity index (χ0v) is 19.5. The Morgan fingerprint density at radius 3 is 2.07 bits per heavy atom. The summed E-state index contributed by atoms with van der Waals surface area (Å²) in [5.41, 5.74) is 0. The van der Waals surface area contributed by atoms with Gasteiger partial charge in [0.1, 0.15) is 6.10 Å². The normalized spacial score (nSPS) is 15.1. The van der Waals surface area contributed by atoms with Crippen LogP contribution in [0.5, 0.6) is 0 Å². The van der Waals surface area contributed by atoms with E-state index in [1.165, 1.54) is 21.0 Å². The predicted molar refractivity (Wildman–Crippen MR) is 113 cm³/mol. The Bertz CT molecular complexity index is 480. The van der Waals surface area contributed by atoms with Crippen molar-refractivity contribution in [3.8, 4) is 0 Å². The molecule has 8 nitrogen and oxygen atoms in total. The van der Waals surface area contributed by atoms with Crippen molar-refractivity contribution in [3.05, 3.63) is 0 Å². The third-order valence-electron chi connectivity index (χ3n) is 4.32. The second-order valence-corrected chi connectivity index (χ2v) is 7.07. The minimum absolute atomic E-state index is 0.0255. The first kappa shape index (κ1) is 30.4. The monoisotopic (exact) mass is 432 g/mol. The number of esters is 2. The van der Waals surface area contributed by atoms with Crippen molar-refractivity contribution < 1.29 is 38.1 Å². The van der Waals surface area contributed by atoms with Gasteiger partial charge in [-0.3, -0.25) is 19.2 Å². The van der Waals surface area contributed by atoms with Gasteiger partial charge < -0.3 is 18.9 Å². The standard InChI is InChI=1S/C11H20O4.C6H10O2.C5H10O2/c1-9(12)10(2)15-11(13)7-5-4-6-8-14-3;7-6-4-2-1-3-5-8-6;1-4(6)5(2)7-3/h10H,4-8H2,1-3H3;1-5H2;5H,1-3H3. The van der Waals surface area contributed by atoms with E-state index in [-0.39, 0.29) is 29.6 Å². The fourth-order valence-electron chi connectivity index (χ4n) is 2.00. The first-order valence-corrected chi connectivity index (χ1v) is 10.5. The molecule has 0 aromatic carbocycles. The zero-order chi connectivity index (χ0) is 23.4. The van der Waals surface area contributed by atoms with Crippen LogP contribution in [0.1, 0.15) is 79.1 Å². The van der Waals surface area contributed by atoms with Crippen molar-refractivity contribution in [2.75, 3.05) is 27.4 Å². The van der Waals surface area contributed by atoms with Crippen LogP contribution < -0.4 is 0 Å². The molecular formula is C22H40O8. The lowest BCUT2D eigenvalue weighted by atomic mass is 10.2. The van der Waals surface area contributed by atoms with Crippen molar-refractivity contribution in [3.63, 3.8) is 0 Å². The van der Waals surface area contributed by atoms with Gasteiger partial charge in [-0.15, -0.1) is 0 Å². The maximum atomic E-state index is 11.2. The number of cyclic esters (lactones) is 1. The van der Waals surface area contributed by atoms with E-state index in [1.807, 2.05) is 0 Å². The van der Waals surface area contributed by atoms with Crippen molar-refractivity contribution >= 4 is 23.5 Å². The second kappa shape index (κ2) is 20.5. The highest BCUT2D eigenvalue weighted by Gasteiger charge is 2.12. The lowest BCUT2D eigenvalue weighted by molar-refractivity contribution is -0.153. The van der Waals surface area contributed by atoms with Crippen LogP contribution in [0.15, 0.2) is 0 Å². The maximum absolute atomic E-state index is 11.2. The molecule has 0 aromatic heterocycles. The molecule has 30 heavy (non-hydrogen) atoms. The first-order chi connectivity index (χ1) is 14.1. The first-order valence-electron chi connectivity index (χ1n) is 10.5. The number of hydrogen-bond donors (Lipinski definition) is 0. The van der Waals surface area contributed by atoms with Crippen molar-refractivity contribution in [1.29, 1.82) is 0 Å². The number of unbranched alkanes of at least 4 members (excludes halogenated alkanes) is 2. The number of carbonyl (C=O) groups excluding carboxylic acids is 4. The van der Waals surface area contributed by atoms with E-state index in [4.69, 9.17) is 14.2 Å². The Kier molecular flexibility index (Phi) is 20.7. The molecule has 1 saturated heterocycles. The van der Waals surface area contributed by atoms with E-state index in [9.17, 15) is 19.2 Å². The molecule has 0 radical (unpaired) electrons. The molecule has 1 fully saturated rings. The van der Waals surface area contributed by atoms with Gasteiger partial charge in [-0.1, -0.05) is 6.42 Å². The topological polar surface area (TPSA) is 105 Å². The highest BCUT2D eigenvalue weighted by Crippen LogP contribution is 2.06. The Labute approximate surface area is 181 Å². The summed E-state index contributed by atoms with van der Waals surface area (Å²) in [6.07, 6.45) is 6.03. The van der Waals surface area contributed by atoms with E-state index < -0.39 is 6.10 Å². The van der Waals surface area contributed by atoms with E-state index in [2.05, 4.69) is 4.74 Å². The number of ether oxygens (including phenoxy) is 4. The molecule has 0 spiro atoms. The highest BCUT2D eigenvalue weighted by atomic mass is 16.5. The minimum atomic E-state index is -0.614. The molecule has 2 unspecified atom stereocenters. The fraction of sp³-hybridized carbons (Fsp3) is 0.818. The number of Topliss-reactive ketones (excluding diaryl/α,β-unsaturated/α-hetero) is 2. The lowest BCUT2D eigenvalue weighted by Gasteiger charge is -2.09. The summed E-state index contributed by atoms with van der Waals surface area (Å²) in [6.45, 7) is 7.59. The van der Waals surface area contributed by atoms with Crippen LogP contribution in [0.3, 0.4) is 0 Å². The van der Waals surface area contributed by atoms with Crippen LogP contribution >= 0.6 is 0 Å². The van der Waals surface area contributed by atoms with Crippen LogP contribution in [0.25, 0.3) is 0 Å². The second-order valence-electron chi connectivity index (χ2n) is 7.07. The minimum Gasteiger partial charge on any atom is -0.466 e. The van der Waals surface area contributed by atoms with Crippen LogP contribution in [-0.2, 0) is 38.1 Å². The average Bonchev–Trinajstić information content (AvgIpc) is 2.95. The van der Waals surface area contributed by atoms with Crippen LogP contribution in [0.2, 0.25) is 0 Å². The lowest BCUT2D eigenvalue weighted by Crippen LogP contribution is -2.21. The molecule has 1 rings (SSSR count). The number of methoxy groups -OCH3 is 2. The summed E-state index contributed by atoms with van der Waals surface area (Å²) in [4.78, 5) is 42.7. The number of rotatable bonds is 10. The van der Waals surface area contributed by atoms with Crippen LogP contribution in [0, 0.1) is 0 Å². The van der Waals surface area contributed by atoms with Gasteiger partial charge in [-0.25, -0.2) is 0 Å². The van der Waals surface area contributed by atoms with Gasteiger partial charge in [-0.05, 0) is 59.8 Å². The third kappa shape index (κ3) is 20.9. The Hall–Kier alpha value is -1.80. The van der Waals surface area contributed by atoms with Crippen molar-refractivity contribution in [1.82, 2.24) is 0 Å². The quantitative estimate of drug-likeness (QED) is 0.382. The molecule has 0 aromatic rings. The van der Waals surface area contributed by atoms with Gasteiger partial charge in [0.15, 0.2) is 17.7 Å². The molecule has 1 aliphatic heterocycles. The van der Waals surface area contributed by atoms with E-state index >= 15 is 0 Å². The van der Waals surface area contributed by atoms with Gasteiger partial charge in [0, 0.05) is 33.7 Å². The molecule has 0 bridgehead atoms. The summed E-state index contributed by atoms with van der Waals surface area (Å²) < 4.78 is 19.2. The van der Waals surface area contributed by atoms with Crippen molar-refractivity contribution in [2.45, 2.75) is 91.3 Å². The van der Waals surface area contributed by atoms with Gasteiger partial charge in [0.25, 0.3) is 0 Å². The van der Waals surface area contributed by atoms with Crippen molar-refractivity contribution in [2.24, 2.45) is 0 Å². The summed E-state index contributed by atoms with van der Waals surface area (Å²) in [6, 6.07) is 0. The average molecular weight is 433 g/mol. The predicted octanol–water partition coefficient (Wildman–Crippen LogP) is 3.43. The largest absolute Gasteiger partial charge is 0.466 e. The summed E-state index contributed by atoms with van der Waals surface area (Å²) in [5.74, 6) is -0.372. The zero-order valence-electron chi connectivity index (χ0n) is 19.5. The Morgan fingerprint density at radius 2 is 1.57 bits per heavy atom. The van der Waals surface area contributed by atoms with Gasteiger partial charge in [0.2, 0.25) is 0 Å². The SMILES string of the molecule is COC(C)C(C)=O.COCCCCCC(=O)OC(C)C(C)=O.O=C1CCCCCO1. The molecule has 176 valence electrons. The number of carbonyl (C=O) groups is 4. The molecule has 0 aliphatic carbocycles. The van der Waals surface area contributed by atoms with E-state index in [1.54, 1.807) is 21.0 Å². The Morgan fingerprint density at radius 1 is 0.933 bits per heavy atom. The summed E-state index contributed by atoms with van der Waals surface area (Å²) in [7, 11) is 3.18. The number of ketones is 2. The molecule has 1 heterocycles. The fourth-order valence-corrected chi connectivity index (χ4v) is 2.00. The maximum Gasteiger partial charge on any atom is 0.306 e. The Balaban J connectivity index is 0. The van der Waals surface area contributed by atoms with Crippen LogP contribution in [-0.4, -0.2) is 63.1 Å².